The molecule has 0 amide bonds. The second kappa shape index (κ2) is 4.34. The minimum Gasteiger partial charge on any atom is -0.481 e. The summed E-state index contributed by atoms with van der Waals surface area (Å²) in [6, 6.07) is 4.17. The molecular weight excluding hydrogens is 322 g/mol. The zero-order valence-corrected chi connectivity index (χ0v) is 13.0. The van der Waals surface area contributed by atoms with Gasteiger partial charge in [0.25, 0.3) is 0 Å². The number of carboxylic acid groups (broad SMARTS) is 1. The molecule has 5 nitrogen and oxygen atoms in total. The van der Waals surface area contributed by atoms with Gasteiger partial charge in [0.15, 0.2) is 0 Å². The molecule has 0 aliphatic carbocycles. The van der Waals surface area contributed by atoms with E-state index in [0.717, 1.165) is 32.5 Å². The van der Waals surface area contributed by atoms with E-state index in [-0.39, 0.29) is 6.42 Å². The fourth-order valence-electron chi connectivity index (χ4n) is 2.65. The van der Waals surface area contributed by atoms with Crippen LogP contribution in [0, 0.1) is 13.8 Å². The number of imidazole rings is 2. The number of hydrogen-bond donors (Lipinski definition) is 1. The van der Waals surface area contributed by atoms with Gasteiger partial charge < -0.3 is 9.67 Å². The third-order valence-electron chi connectivity index (χ3n) is 3.54. The normalized spacial score (nSPS) is 11.6. The van der Waals surface area contributed by atoms with Crippen molar-refractivity contribution >= 4 is 38.7 Å². The highest BCUT2D eigenvalue weighted by molar-refractivity contribution is 9.10. The quantitative estimate of drug-likeness (QED) is 0.783. The van der Waals surface area contributed by atoms with Crippen molar-refractivity contribution in [2.45, 2.75) is 20.3 Å². The van der Waals surface area contributed by atoms with Crippen LogP contribution < -0.4 is 0 Å². The van der Waals surface area contributed by atoms with Gasteiger partial charge in [0.05, 0.1) is 23.1 Å². The van der Waals surface area contributed by atoms with Gasteiger partial charge in [-0.1, -0.05) is 6.07 Å². The minimum atomic E-state index is -0.855. The summed E-state index contributed by atoms with van der Waals surface area (Å²) in [5.41, 5.74) is 4.93. The van der Waals surface area contributed by atoms with Gasteiger partial charge in [-0.05, 0) is 47.0 Å². The third kappa shape index (κ3) is 1.75. The van der Waals surface area contributed by atoms with Crippen molar-refractivity contribution in [3.63, 3.8) is 0 Å². The lowest BCUT2D eigenvalue weighted by molar-refractivity contribution is -0.136. The number of halogens is 1. The van der Waals surface area contributed by atoms with Crippen LogP contribution in [0.5, 0.6) is 0 Å². The van der Waals surface area contributed by atoms with Gasteiger partial charge in [-0.15, -0.1) is 0 Å². The Morgan fingerprint density at radius 1 is 1.40 bits per heavy atom. The molecule has 0 bridgehead atoms. The number of fused-ring (bicyclic) bond motifs is 3. The summed E-state index contributed by atoms with van der Waals surface area (Å²) in [6.45, 7) is 4.08. The average Bonchev–Trinajstić information content (AvgIpc) is 2.82. The van der Waals surface area contributed by atoms with E-state index in [2.05, 4.69) is 33.0 Å². The number of carbonyl (C=O) groups is 1. The molecule has 3 rings (SSSR count). The molecule has 0 fully saturated rings. The standard InChI is InChI=1S/C14H14BrN3O2/c1-7-4-8(2)12-9(5-7)18-13(15)10(6-11(19)20)17(3)14(18)16-12/h4-5H,6H2,1-3H3,(H,19,20). The highest BCUT2D eigenvalue weighted by Crippen LogP contribution is 2.29. The Bertz CT molecular complexity index is 861. The number of rotatable bonds is 2. The Morgan fingerprint density at radius 2 is 2.10 bits per heavy atom. The predicted octanol–water partition coefficient (Wildman–Crippen LogP) is 2.83. The van der Waals surface area contributed by atoms with E-state index >= 15 is 0 Å². The van der Waals surface area contributed by atoms with Crippen LogP contribution >= 0.6 is 15.9 Å². The Hall–Kier alpha value is -1.82. The number of benzene rings is 1. The van der Waals surface area contributed by atoms with E-state index in [1.807, 2.05) is 29.9 Å². The fourth-order valence-corrected chi connectivity index (χ4v) is 3.41. The van der Waals surface area contributed by atoms with E-state index in [0.29, 0.717) is 5.69 Å². The van der Waals surface area contributed by atoms with Gasteiger partial charge in [-0.3, -0.25) is 9.20 Å². The van der Waals surface area contributed by atoms with Crippen LogP contribution in [-0.4, -0.2) is 25.0 Å². The van der Waals surface area contributed by atoms with E-state index in [1.54, 1.807) is 0 Å². The molecule has 0 saturated heterocycles. The van der Waals surface area contributed by atoms with Crippen molar-refractivity contribution in [1.29, 1.82) is 0 Å². The fraction of sp³-hybridized carbons (Fsp3) is 0.286. The Labute approximate surface area is 124 Å². The molecule has 20 heavy (non-hydrogen) atoms. The molecule has 3 aromatic rings. The highest BCUT2D eigenvalue weighted by atomic mass is 79.9. The van der Waals surface area contributed by atoms with Crippen LogP contribution in [0.1, 0.15) is 16.8 Å². The number of hydrogen-bond acceptors (Lipinski definition) is 2. The first kappa shape index (κ1) is 13.2. The van der Waals surface area contributed by atoms with Crippen molar-refractivity contribution in [3.05, 3.63) is 33.6 Å². The Balaban J connectivity index is 2.43. The summed E-state index contributed by atoms with van der Waals surface area (Å²) in [7, 11) is 1.84. The van der Waals surface area contributed by atoms with E-state index < -0.39 is 5.97 Å². The zero-order valence-electron chi connectivity index (χ0n) is 11.4. The van der Waals surface area contributed by atoms with Crippen molar-refractivity contribution in [2.24, 2.45) is 7.05 Å². The van der Waals surface area contributed by atoms with E-state index in [1.165, 1.54) is 0 Å². The second-order valence-electron chi connectivity index (χ2n) is 5.06. The van der Waals surface area contributed by atoms with E-state index in [4.69, 9.17) is 5.11 Å². The lowest BCUT2D eigenvalue weighted by Crippen LogP contribution is -2.06. The van der Waals surface area contributed by atoms with Gasteiger partial charge in [0.1, 0.15) is 4.60 Å². The minimum absolute atomic E-state index is 0.0350. The van der Waals surface area contributed by atoms with Crippen molar-refractivity contribution in [2.75, 3.05) is 0 Å². The van der Waals surface area contributed by atoms with Crippen LogP contribution in [0.25, 0.3) is 16.8 Å². The number of carboxylic acids is 1. The van der Waals surface area contributed by atoms with Crippen molar-refractivity contribution < 1.29 is 9.90 Å². The Kier molecular flexibility index (Phi) is 2.86. The molecule has 1 aromatic carbocycles. The van der Waals surface area contributed by atoms with Crippen LogP contribution in [0.2, 0.25) is 0 Å². The summed E-state index contributed by atoms with van der Waals surface area (Å²) in [5.74, 6) is -0.108. The molecule has 104 valence electrons. The van der Waals surface area contributed by atoms with E-state index in [9.17, 15) is 4.79 Å². The smallest absolute Gasteiger partial charge is 0.309 e. The molecule has 0 aliphatic rings. The van der Waals surface area contributed by atoms with Gasteiger partial charge in [-0.25, -0.2) is 4.98 Å². The molecular formula is C14H14BrN3O2. The second-order valence-corrected chi connectivity index (χ2v) is 5.81. The number of nitrogens with zero attached hydrogens (tertiary/aromatic N) is 3. The highest BCUT2D eigenvalue weighted by Gasteiger charge is 2.20. The molecule has 0 atom stereocenters. The van der Waals surface area contributed by atoms with Crippen LogP contribution in [-0.2, 0) is 18.3 Å². The summed E-state index contributed by atoms with van der Waals surface area (Å²) in [6.07, 6.45) is -0.0350. The van der Waals surface area contributed by atoms with Crippen LogP contribution in [0.3, 0.4) is 0 Å². The number of aromatic nitrogens is 3. The average molecular weight is 336 g/mol. The van der Waals surface area contributed by atoms with Crippen LogP contribution in [0.15, 0.2) is 16.7 Å². The molecule has 0 aliphatic heterocycles. The zero-order chi connectivity index (χ0) is 14.6. The van der Waals surface area contributed by atoms with Gasteiger partial charge >= 0.3 is 5.97 Å². The first-order valence-electron chi connectivity index (χ1n) is 6.24. The topological polar surface area (TPSA) is 59.5 Å². The summed E-state index contributed by atoms with van der Waals surface area (Å²) in [4.78, 5) is 15.6. The number of aliphatic carboxylic acids is 1. The maximum absolute atomic E-state index is 11.0. The number of aryl methyl sites for hydroxylation is 3. The lowest BCUT2D eigenvalue weighted by Gasteiger charge is -2.01. The third-order valence-corrected chi connectivity index (χ3v) is 4.35. The largest absolute Gasteiger partial charge is 0.481 e. The summed E-state index contributed by atoms with van der Waals surface area (Å²) >= 11 is 3.52. The molecule has 6 heteroatoms. The first-order valence-corrected chi connectivity index (χ1v) is 7.03. The van der Waals surface area contributed by atoms with Crippen molar-refractivity contribution in [1.82, 2.24) is 14.0 Å². The SMILES string of the molecule is Cc1cc(C)c2nc3n(C)c(CC(=O)O)c(Br)n3c2c1. The van der Waals surface area contributed by atoms with Crippen molar-refractivity contribution in [3.8, 4) is 0 Å². The van der Waals surface area contributed by atoms with Gasteiger partial charge in [0, 0.05) is 7.05 Å². The maximum Gasteiger partial charge on any atom is 0.309 e. The Morgan fingerprint density at radius 3 is 2.75 bits per heavy atom. The molecule has 0 saturated carbocycles. The van der Waals surface area contributed by atoms with Crippen LogP contribution in [0.4, 0.5) is 0 Å². The molecule has 0 unspecified atom stereocenters. The maximum atomic E-state index is 11.0. The molecule has 2 aromatic heterocycles. The van der Waals surface area contributed by atoms with Gasteiger partial charge in [-0.2, -0.15) is 0 Å². The first-order chi connectivity index (χ1) is 9.40. The van der Waals surface area contributed by atoms with Gasteiger partial charge in [0.2, 0.25) is 5.78 Å². The molecule has 0 spiro atoms. The monoisotopic (exact) mass is 335 g/mol. The molecule has 1 N–H and O–H groups in total. The lowest BCUT2D eigenvalue weighted by atomic mass is 10.1. The molecule has 0 radical (unpaired) electrons. The summed E-state index contributed by atoms with van der Waals surface area (Å²) in [5, 5.41) is 9.02. The predicted molar refractivity (Wildman–Crippen MR) is 80.2 cm³/mol. The molecule has 2 heterocycles. The summed E-state index contributed by atoms with van der Waals surface area (Å²) < 4.78 is 4.55.